The average Bonchev–Trinajstić information content (AvgIpc) is 3.05. The van der Waals surface area contributed by atoms with E-state index in [4.69, 9.17) is 14.6 Å². The van der Waals surface area contributed by atoms with Crippen LogP contribution in [0.25, 0.3) is 0 Å². The lowest BCUT2D eigenvalue weighted by molar-refractivity contribution is -0.139. The molecule has 1 aromatic rings. The van der Waals surface area contributed by atoms with Gasteiger partial charge in [0.15, 0.2) is 0 Å². The second-order valence-electron chi connectivity index (χ2n) is 7.36. The molecular weight excluding hydrogens is 396 g/mol. The molecule has 1 aliphatic carbocycles. The number of carbonyl (C=O) groups is 3. The van der Waals surface area contributed by atoms with Crippen molar-refractivity contribution in [2.75, 3.05) is 26.3 Å². The van der Waals surface area contributed by atoms with Crippen LogP contribution in [0.4, 0.5) is 0 Å². The predicted molar refractivity (Wildman–Crippen MR) is 105 cm³/mol. The molecule has 11 nitrogen and oxygen atoms in total. The number of carbonyl (C=O) groups excluding carboxylic acids is 2. The molecule has 0 bridgehead atoms. The lowest BCUT2D eigenvalue weighted by Gasteiger charge is -2.29. The molecule has 0 aromatic carbocycles. The smallest absolute Gasteiger partial charge is 0.348 e. The minimum Gasteiger partial charge on any atom is -0.483 e. The lowest BCUT2D eigenvalue weighted by atomic mass is 10.1. The van der Waals surface area contributed by atoms with Gasteiger partial charge in [0.05, 0.1) is 25.4 Å². The standard InChI is InChI=1S/C18H26N4O5.CH2O2/c1-11-7-12(2)22(18(26)19-11)10-16(24)20-14-8-13(9-15(14)23)17(25)21-3-5-27-6-4-21;2-1-3/h7,13-15,23H,3-6,8-10H2,1-2H3,(H,20,24);1H,(H,2,3)/t13-,14-,15-;/m0./s1. The van der Waals surface area contributed by atoms with Crippen LogP contribution in [0.1, 0.15) is 24.2 Å². The summed E-state index contributed by atoms with van der Waals surface area (Å²) in [7, 11) is 0. The molecule has 2 fully saturated rings. The van der Waals surface area contributed by atoms with Crippen molar-refractivity contribution < 1.29 is 29.3 Å². The van der Waals surface area contributed by atoms with E-state index >= 15 is 0 Å². The van der Waals surface area contributed by atoms with Gasteiger partial charge in [0.2, 0.25) is 11.8 Å². The zero-order chi connectivity index (χ0) is 22.3. The van der Waals surface area contributed by atoms with E-state index in [0.29, 0.717) is 50.5 Å². The van der Waals surface area contributed by atoms with Crippen LogP contribution in [0.3, 0.4) is 0 Å². The molecule has 30 heavy (non-hydrogen) atoms. The number of carboxylic acid groups (broad SMARTS) is 1. The maximum Gasteiger partial charge on any atom is 0.348 e. The van der Waals surface area contributed by atoms with Gasteiger partial charge in [0.25, 0.3) is 6.47 Å². The largest absolute Gasteiger partial charge is 0.483 e. The quantitative estimate of drug-likeness (QED) is 0.503. The number of aliphatic hydroxyl groups is 1. The Bertz CT molecular complexity index is 820. The summed E-state index contributed by atoms with van der Waals surface area (Å²) in [5.41, 5.74) is 0.773. The van der Waals surface area contributed by atoms with Gasteiger partial charge in [0, 0.05) is 30.4 Å². The molecule has 3 atom stereocenters. The van der Waals surface area contributed by atoms with Crippen LogP contribution in [0.2, 0.25) is 0 Å². The Morgan fingerprint density at radius 2 is 1.93 bits per heavy atom. The van der Waals surface area contributed by atoms with E-state index in [0.717, 1.165) is 0 Å². The van der Waals surface area contributed by atoms with Crippen LogP contribution < -0.4 is 11.0 Å². The van der Waals surface area contributed by atoms with Gasteiger partial charge in [-0.1, -0.05) is 0 Å². The zero-order valence-corrected chi connectivity index (χ0v) is 17.1. The molecule has 2 amide bonds. The summed E-state index contributed by atoms with van der Waals surface area (Å²) in [6, 6.07) is 1.23. The highest BCUT2D eigenvalue weighted by Gasteiger charge is 2.39. The predicted octanol–water partition coefficient (Wildman–Crippen LogP) is -1.32. The van der Waals surface area contributed by atoms with Crippen molar-refractivity contribution in [1.29, 1.82) is 0 Å². The molecule has 2 aliphatic rings. The maximum atomic E-state index is 12.6. The van der Waals surface area contributed by atoms with Crippen molar-refractivity contribution in [2.45, 2.75) is 45.4 Å². The number of nitrogens with zero attached hydrogens (tertiary/aromatic N) is 3. The van der Waals surface area contributed by atoms with Gasteiger partial charge in [0.1, 0.15) is 6.54 Å². The number of hydrogen-bond acceptors (Lipinski definition) is 7. The molecule has 0 spiro atoms. The third-order valence-corrected chi connectivity index (χ3v) is 5.20. The molecule has 11 heteroatoms. The molecule has 3 N–H and O–H groups in total. The third-order valence-electron chi connectivity index (χ3n) is 5.20. The summed E-state index contributed by atoms with van der Waals surface area (Å²) in [6.07, 6.45) is -0.0621. The fourth-order valence-electron chi connectivity index (χ4n) is 3.78. The molecule has 166 valence electrons. The minimum atomic E-state index is -0.780. The highest BCUT2D eigenvalue weighted by Crippen LogP contribution is 2.28. The number of aromatic nitrogens is 2. The average molecular weight is 424 g/mol. The van der Waals surface area contributed by atoms with Gasteiger partial charge in [-0.2, -0.15) is 4.98 Å². The second kappa shape index (κ2) is 10.8. The van der Waals surface area contributed by atoms with Crippen molar-refractivity contribution in [3.63, 3.8) is 0 Å². The molecule has 0 radical (unpaired) electrons. The van der Waals surface area contributed by atoms with Gasteiger partial charge in [-0.25, -0.2) is 4.79 Å². The fraction of sp³-hybridized carbons (Fsp3) is 0.632. The Labute approximate surface area is 173 Å². The van der Waals surface area contributed by atoms with Crippen molar-refractivity contribution in [3.8, 4) is 0 Å². The molecule has 2 heterocycles. The van der Waals surface area contributed by atoms with E-state index in [2.05, 4.69) is 10.3 Å². The van der Waals surface area contributed by atoms with E-state index in [1.807, 2.05) is 0 Å². The molecule has 1 aliphatic heterocycles. The van der Waals surface area contributed by atoms with Crippen LogP contribution in [-0.4, -0.2) is 81.4 Å². The Balaban J connectivity index is 0.00000101. The lowest BCUT2D eigenvalue weighted by Crippen LogP contribution is -2.44. The summed E-state index contributed by atoms with van der Waals surface area (Å²) in [5, 5.41) is 19.9. The van der Waals surface area contributed by atoms with Gasteiger partial charge in [-0.15, -0.1) is 0 Å². The first-order valence-electron chi connectivity index (χ1n) is 9.73. The normalized spacial score (nSPS) is 23.3. The number of aryl methyl sites for hydroxylation is 2. The van der Waals surface area contributed by atoms with E-state index in [-0.39, 0.29) is 30.7 Å². The van der Waals surface area contributed by atoms with Crippen molar-refractivity contribution in [3.05, 3.63) is 27.9 Å². The van der Waals surface area contributed by atoms with E-state index in [9.17, 15) is 19.5 Å². The van der Waals surface area contributed by atoms with Gasteiger partial charge in [-0.3, -0.25) is 19.0 Å². The molecule has 0 unspecified atom stereocenters. The highest BCUT2D eigenvalue weighted by atomic mass is 16.5. The number of morpholine rings is 1. The van der Waals surface area contributed by atoms with Crippen LogP contribution in [0, 0.1) is 19.8 Å². The SMILES string of the molecule is Cc1cc(C)n(CC(=O)N[C@H]2C[C@H](C(=O)N3CCOCC3)C[C@@H]2O)c(=O)n1.O=CO. The summed E-state index contributed by atoms with van der Waals surface area (Å²) in [4.78, 5) is 50.9. The minimum absolute atomic E-state index is 0.00361. The number of amides is 2. The Morgan fingerprint density at radius 3 is 2.53 bits per heavy atom. The van der Waals surface area contributed by atoms with Gasteiger partial charge >= 0.3 is 5.69 Å². The van der Waals surface area contributed by atoms with E-state index < -0.39 is 17.8 Å². The number of aliphatic hydroxyl groups excluding tert-OH is 1. The monoisotopic (exact) mass is 424 g/mol. The second-order valence-corrected chi connectivity index (χ2v) is 7.36. The molecule has 3 rings (SSSR count). The summed E-state index contributed by atoms with van der Waals surface area (Å²) in [6.45, 7) is 5.23. The van der Waals surface area contributed by atoms with Gasteiger partial charge < -0.3 is 25.2 Å². The van der Waals surface area contributed by atoms with Gasteiger partial charge in [-0.05, 0) is 32.8 Å². The van der Waals surface area contributed by atoms with Crippen LogP contribution in [0.5, 0.6) is 0 Å². The topological polar surface area (TPSA) is 151 Å². The molecular formula is C19H28N4O7. The maximum absolute atomic E-state index is 12.6. The van der Waals surface area contributed by atoms with Crippen LogP contribution in [0.15, 0.2) is 10.9 Å². The summed E-state index contributed by atoms with van der Waals surface area (Å²) >= 11 is 0. The number of rotatable bonds is 4. The van der Waals surface area contributed by atoms with Crippen molar-refractivity contribution >= 4 is 18.3 Å². The molecule has 1 saturated heterocycles. The van der Waals surface area contributed by atoms with Crippen molar-refractivity contribution in [1.82, 2.24) is 19.8 Å². The van der Waals surface area contributed by atoms with E-state index in [1.54, 1.807) is 24.8 Å². The first-order valence-corrected chi connectivity index (χ1v) is 9.73. The van der Waals surface area contributed by atoms with Crippen LogP contribution >= 0.6 is 0 Å². The highest BCUT2D eigenvalue weighted by molar-refractivity contribution is 5.80. The van der Waals surface area contributed by atoms with Crippen molar-refractivity contribution in [2.24, 2.45) is 5.92 Å². The third kappa shape index (κ3) is 6.10. The number of hydrogen-bond donors (Lipinski definition) is 3. The first kappa shape index (κ1) is 23.5. The molecule has 1 saturated carbocycles. The Morgan fingerprint density at radius 1 is 1.30 bits per heavy atom. The summed E-state index contributed by atoms with van der Waals surface area (Å²) < 4.78 is 6.55. The zero-order valence-electron chi connectivity index (χ0n) is 17.1. The first-order chi connectivity index (χ1) is 14.3. The number of ether oxygens (including phenoxy) is 1. The Kier molecular flexibility index (Phi) is 8.48. The molecule has 1 aromatic heterocycles. The fourth-order valence-corrected chi connectivity index (χ4v) is 3.78. The number of nitrogens with one attached hydrogen (secondary N) is 1. The summed E-state index contributed by atoms with van der Waals surface area (Å²) in [5.74, 6) is -0.688. The van der Waals surface area contributed by atoms with Crippen LogP contribution in [-0.2, 0) is 25.7 Å². The van der Waals surface area contributed by atoms with E-state index in [1.165, 1.54) is 4.57 Å². The Hall–Kier alpha value is -2.79.